The first kappa shape index (κ1) is 17.9. The molecule has 0 saturated heterocycles. The lowest BCUT2D eigenvalue weighted by Gasteiger charge is -2.26. The molecule has 1 aliphatic carbocycles. The van der Waals surface area contributed by atoms with Crippen LogP contribution in [0.1, 0.15) is 33.6 Å². The van der Waals surface area contributed by atoms with Crippen molar-refractivity contribution in [2.75, 3.05) is 5.32 Å². The van der Waals surface area contributed by atoms with Crippen LogP contribution >= 0.6 is 0 Å². The molecule has 2 unspecified atom stereocenters. The van der Waals surface area contributed by atoms with Gasteiger partial charge in [0.25, 0.3) is 0 Å². The summed E-state index contributed by atoms with van der Waals surface area (Å²) in [6.45, 7) is 5.40. The highest BCUT2D eigenvalue weighted by atomic mass is 16.6. The van der Waals surface area contributed by atoms with Crippen LogP contribution in [-0.4, -0.2) is 44.6 Å². The third-order valence-electron chi connectivity index (χ3n) is 3.96. The quantitative estimate of drug-likeness (QED) is 0.871. The zero-order valence-corrected chi connectivity index (χ0v) is 15.1. The molecule has 8 heteroatoms. The summed E-state index contributed by atoms with van der Waals surface area (Å²) in [7, 11) is 0. The molecule has 3 rings (SSSR count). The van der Waals surface area contributed by atoms with Gasteiger partial charge < -0.3 is 15.4 Å². The summed E-state index contributed by atoms with van der Waals surface area (Å²) < 4.78 is 5.30. The third kappa shape index (κ3) is 4.38. The van der Waals surface area contributed by atoms with Gasteiger partial charge in [0.05, 0.1) is 30.2 Å². The van der Waals surface area contributed by atoms with Crippen molar-refractivity contribution in [3.05, 3.63) is 36.7 Å². The summed E-state index contributed by atoms with van der Waals surface area (Å²) in [5.74, 6) is 0.0956. The second kappa shape index (κ2) is 7.15. The number of hydrogen-bond donors (Lipinski definition) is 2. The molecular formula is C18H23N5O3. The van der Waals surface area contributed by atoms with Crippen molar-refractivity contribution in [1.29, 1.82) is 0 Å². The van der Waals surface area contributed by atoms with Crippen molar-refractivity contribution < 1.29 is 14.3 Å². The van der Waals surface area contributed by atoms with Crippen LogP contribution in [0.2, 0.25) is 0 Å². The molecule has 1 aromatic carbocycles. The Morgan fingerprint density at radius 3 is 2.50 bits per heavy atom. The summed E-state index contributed by atoms with van der Waals surface area (Å²) in [5.41, 5.74) is 0.973. The Labute approximate surface area is 151 Å². The monoisotopic (exact) mass is 357 g/mol. The molecule has 0 aliphatic heterocycles. The Bertz CT molecular complexity index is 782. The Hall–Kier alpha value is -2.90. The number of carbonyl (C=O) groups excluding carboxylic acids is 2. The van der Waals surface area contributed by atoms with Crippen LogP contribution in [0.3, 0.4) is 0 Å². The maximum absolute atomic E-state index is 12.1. The van der Waals surface area contributed by atoms with E-state index in [1.807, 2.05) is 24.3 Å². The van der Waals surface area contributed by atoms with Gasteiger partial charge >= 0.3 is 6.09 Å². The van der Waals surface area contributed by atoms with Gasteiger partial charge in [0.1, 0.15) is 17.1 Å². The van der Waals surface area contributed by atoms with E-state index in [9.17, 15) is 9.59 Å². The van der Waals surface area contributed by atoms with Crippen LogP contribution in [-0.2, 0) is 9.53 Å². The molecule has 1 amide bonds. The number of nitrogens with zero attached hydrogens (tertiary/aromatic N) is 3. The summed E-state index contributed by atoms with van der Waals surface area (Å²) in [6.07, 6.45) is 3.29. The lowest BCUT2D eigenvalue weighted by atomic mass is 10.1. The van der Waals surface area contributed by atoms with Gasteiger partial charge in [0.15, 0.2) is 0 Å². The second-order valence-corrected chi connectivity index (χ2v) is 7.29. The molecule has 1 heterocycles. The van der Waals surface area contributed by atoms with Gasteiger partial charge in [-0.3, -0.25) is 4.79 Å². The molecule has 0 bridgehead atoms. The van der Waals surface area contributed by atoms with Gasteiger partial charge in [-0.15, -0.1) is 4.80 Å². The number of alkyl carbamates (subject to hydrolysis) is 1. The number of nitrogens with one attached hydrogen (secondary N) is 2. The van der Waals surface area contributed by atoms with Crippen molar-refractivity contribution in [2.24, 2.45) is 0 Å². The molecule has 0 radical (unpaired) electrons. The molecule has 1 fully saturated rings. The van der Waals surface area contributed by atoms with Crippen molar-refractivity contribution in [3.63, 3.8) is 0 Å². The average Bonchev–Trinajstić information content (AvgIpc) is 3.16. The summed E-state index contributed by atoms with van der Waals surface area (Å²) in [6, 6.07) is 6.99. The van der Waals surface area contributed by atoms with Crippen LogP contribution in [0.25, 0.3) is 5.69 Å². The number of Topliss-reactive ketones (excluding diaryl/α,β-unsaturated/α-hetero) is 1. The fourth-order valence-corrected chi connectivity index (χ4v) is 2.93. The SMILES string of the molecule is CC(C)(C)OC(=O)NC1CC(=O)CC1Nc1ccccc1-n1nccn1. The lowest BCUT2D eigenvalue weighted by Crippen LogP contribution is -2.45. The molecule has 1 saturated carbocycles. The molecule has 2 N–H and O–H groups in total. The first-order valence-corrected chi connectivity index (χ1v) is 8.55. The fraction of sp³-hybridized carbons (Fsp3) is 0.444. The number of anilines is 1. The summed E-state index contributed by atoms with van der Waals surface area (Å²) in [5, 5.41) is 14.5. The van der Waals surface area contributed by atoms with Gasteiger partial charge in [-0.1, -0.05) is 12.1 Å². The van der Waals surface area contributed by atoms with Crippen molar-refractivity contribution in [1.82, 2.24) is 20.3 Å². The molecule has 1 aliphatic rings. The minimum absolute atomic E-state index is 0.0956. The van der Waals surface area contributed by atoms with Gasteiger partial charge in [-0.05, 0) is 32.9 Å². The molecule has 0 spiro atoms. The van der Waals surface area contributed by atoms with E-state index in [1.54, 1.807) is 33.2 Å². The van der Waals surface area contributed by atoms with Crippen LogP contribution in [0.15, 0.2) is 36.7 Å². The number of ether oxygens (including phenoxy) is 1. The van der Waals surface area contributed by atoms with E-state index in [-0.39, 0.29) is 24.3 Å². The van der Waals surface area contributed by atoms with Gasteiger partial charge in [-0.2, -0.15) is 10.2 Å². The molecule has 1 aromatic heterocycles. The predicted octanol–water partition coefficient (Wildman–Crippen LogP) is 2.30. The van der Waals surface area contributed by atoms with Crippen molar-refractivity contribution >= 4 is 17.6 Å². The number of aromatic nitrogens is 3. The maximum atomic E-state index is 12.1. The van der Waals surface area contributed by atoms with Crippen LogP contribution < -0.4 is 10.6 Å². The van der Waals surface area contributed by atoms with E-state index >= 15 is 0 Å². The molecule has 2 atom stereocenters. The van der Waals surface area contributed by atoms with Crippen LogP contribution in [0.4, 0.5) is 10.5 Å². The minimum Gasteiger partial charge on any atom is -0.444 e. The summed E-state index contributed by atoms with van der Waals surface area (Å²) in [4.78, 5) is 25.6. The first-order valence-electron chi connectivity index (χ1n) is 8.55. The zero-order chi connectivity index (χ0) is 18.7. The number of hydrogen-bond acceptors (Lipinski definition) is 6. The number of benzene rings is 1. The number of rotatable bonds is 4. The van der Waals surface area contributed by atoms with E-state index < -0.39 is 11.7 Å². The first-order chi connectivity index (χ1) is 12.3. The topological polar surface area (TPSA) is 98.1 Å². The highest BCUT2D eigenvalue weighted by molar-refractivity contribution is 5.84. The van der Waals surface area contributed by atoms with Crippen LogP contribution in [0.5, 0.6) is 0 Å². The molecule has 2 aromatic rings. The molecular weight excluding hydrogens is 334 g/mol. The minimum atomic E-state index is -0.589. The Morgan fingerprint density at radius 2 is 1.81 bits per heavy atom. The Balaban J connectivity index is 1.74. The molecule has 8 nitrogen and oxygen atoms in total. The fourth-order valence-electron chi connectivity index (χ4n) is 2.93. The lowest BCUT2D eigenvalue weighted by molar-refractivity contribution is -0.117. The zero-order valence-electron chi connectivity index (χ0n) is 15.1. The Morgan fingerprint density at radius 1 is 1.15 bits per heavy atom. The number of para-hydroxylation sites is 2. The maximum Gasteiger partial charge on any atom is 0.407 e. The normalized spacial score (nSPS) is 20.0. The number of amides is 1. The summed E-state index contributed by atoms with van der Waals surface area (Å²) >= 11 is 0. The van der Waals surface area contributed by atoms with E-state index in [4.69, 9.17) is 4.74 Å². The second-order valence-electron chi connectivity index (χ2n) is 7.29. The van der Waals surface area contributed by atoms with E-state index in [1.165, 1.54) is 4.80 Å². The number of ketones is 1. The standard InChI is InChI=1S/C18H23N5O3/c1-18(2,3)26-17(25)22-15-11-12(24)10-14(15)21-13-6-4-5-7-16(13)23-19-8-9-20-23/h4-9,14-15,21H,10-11H2,1-3H3,(H,22,25). The van der Waals surface area contributed by atoms with Gasteiger partial charge in [-0.25, -0.2) is 4.79 Å². The molecule has 138 valence electrons. The number of carbonyl (C=O) groups is 2. The van der Waals surface area contributed by atoms with Crippen molar-refractivity contribution in [2.45, 2.75) is 51.3 Å². The van der Waals surface area contributed by atoms with Crippen molar-refractivity contribution in [3.8, 4) is 5.69 Å². The highest BCUT2D eigenvalue weighted by Gasteiger charge is 2.35. The van der Waals surface area contributed by atoms with E-state index in [2.05, 4.69) is 20.8 Å². The largest absolute Gasteiger partial charge is 0.444 e. The van der Waals surface area contributed by atoms with Crippen LogP contribution in [0, 0.1) is 0 Å². The van der Waals surface area contributed by atoms with E-state index in [0.717, 1.165) is 11.4 Å². The smallest absolute Gasteiger partial charge is 0.407 e. The van der Waals surface area contributed by atoms with E-state index in [0.29, 0.717) is 6.42 Å². The van der Waals surface area contributed by atoms with Gasteiger partial charge in [0.2, 0.25) is 0 Å². The van der Waals surface area contributed by atoms with Gasteiger partial charge in [0, 0.05) is 12.8 Å². The predicted molar refractivity (Wildman–Crippen MR) is 96.2 cm³/mol. The highest BCUT2D eigenvalue weighted by Crippen LogP contribution is 2.25. The third-order valence-corrected chi connectivity index (χ3v) is 3.96. The Kier molecular flexibility index (Phi) is 4.92. The molecule has 26 heavy (non-hydrogen) atoms. The average molecular weight is 357 g/mol.